The molecule has 7 nitrogen and oxygen atoms in total. The van der Waals surface area contributed by atoms with Crippen LogP contribution in [0.1, 0.15) is 28.9 Å². The zero-order valence-corrected chi connectivity index (χ0v) is 20.0. The highest BCUT2D eigenvalue weighted by Gasteiger charge is 2.23. The number of nitrogens with one attached hydrogen (secondary N) is 2. The summed E-state index contributed by atoms with van der Waals surface area (Å²) in [5, 5.41) is 2.61. The summed E-state index contributed by atoms with van der Waals surface area (Å²) in [5.74, 6) is -2.19. The average molecular weight is 547 g/mol. The van der Waals surface area contributed by atoms with Crippen LogP contribution in [0.25, 0.3) is 11.0 Å². The van der Waals surface area contributed by atoms with Gasteiger partial charge in [-0.05, 0) is 43.3 Å². The van der Waals surface area contributed by atoms with Gasteiger partial charge in [-0.1, -0.05) is 28.1 Å². The zero-order valence-electron chi connectivity index (χ0n) is 17.6. The lowest BCUT2D eigenvalue weighted by atomic mass is 10.1. The molecule has 1 atom stereocenters. The summed E-state index contributed by atoms with van der Waals surface area (Å²) in [4.78, 5) is 21.1. The van der Waals surface area contributed by atoms with Gasteiger partial charge in [-0.2, -0.15) is 0 Å². The third-order valence-electron chi connectivity index (χ3n) is 5.00. The van der Waals surface area contributed by atoms with Crippen molar-refractivity contribution in [2.45, 2.75) is 17.9 Å². The van der Waals surface area contributed by atoms with Crippen molar-refractivity contribution < 1.29 is 22.0 Å². The van der Waals surface area contributed by atoms with Gasteiger partial charge in [-0.3, -0.25) is 19.5 Å². The Morgan fingerprint density at radius 3 is 2.56 bits per heavy atom. The highest BCUT2D eigenvalue weighted by molar-refractivity contribution is 9.10. The molecule has 0 saturated heterocycles. The van der Waals surface area contributed by atoms with Crippen molar-refractivity contribution in [2.24, 2.45) is 0 Å². The Morgan fingerprint density at radius 1 is 1.03 bits per heavy atom. The standard InChI is InChI=1S/C23H17BrF2N4O3S/c1-13(16-8-6-15(25)12-18(16)26)29-23(31)17-7-5-14(24)11-20(17)30-34(32,33)21-4-2-3-19-22(21)28-10-9-27-19/h2-13,30H,1H3,(H,29,31)/t13-/m0/s1. The molecule has 174 valence electrons. The highest BCUT2D eigenvalue weighted by atomic mass is 79.9. The molecule has 1 aromatic heterocycles. The number of aromatic nitrogens is 2. The number of hydrogen-bond donors (Lipinski definition) is 2. The van der Waals surface area contributed by atoms with Crippen molar-refractivity contribution in [1.29, 1.82) is 0 Å². The van der Waals surface area contributed by atoms with E-state index in [4.69, 9.17) is 0 Å². The predicted octanol–water partition coefficient (Wildman–Crippen LogP) is 4.96. The van der Waals surface area contributed by atoms with Crippen molar-refractivity contribution in [3.63, 3.8) is 0 Å². The summed E-state index contributed by atoms with van der Waals surface area (Å²) in [5.41, 5.74) is 0.668. The molecule has 0 radical (unpaired) electrons. The van der Waals surface area contributed by atoms with Gasteiger partial charge in [0.25, 0.3) is 15.9 Å². The first kappa shape index (κ1) is 23.7. The molecule has 4 aromatic rings. The van der Waals surface area contributed by atoms with Crippen LogP contribution in [0.3, 0.4) is 0 Å². The van der Waals surface area contributed by atoms with Gasteiger partial charge in [0.1, 0.15) is 22.0 Å². The number of sulfonamides is 1. The molecule has 0 aliphatic carbocycles. The van der Waals surface area contributed by atoms with Gasteiger partial charge in [-0.15, -0.1) is 0 Å². The predicted molar refractivity (Wildman–Crippen MR) is 127 cm³/mol. The Kier molecular flexibility index (Phi) is 6.58. The van der Waals surface area contributed by atoms with E-state index >= 15 is 0 Å². The number of anilines is 1. The number of hydrogen-bond acceptors (Lipinski definition) is 5. The highest BCUT2D eigenvalue weighted by Crippen LogP contribution is 2.27. The van der Waals surface area contributed by atoms with Crippen LogP contribution >= 0.6 is 15.9 Å². The number of nitrogens with zero attached hydrogens (tertiary/aromatic N) is 2. The van der Waals surface area contributed by atoms with E-state index in [1.54, 1.807) is 18.2 Å². The minimum Gasteiger partial charge on any atom is -0.345 e. The lowest BCUT2D eigenvalue weighted by Gasteiger charge is -2.18. The first-order chi connectivity index (χ1) is 16.2. The normalized spacial score (nSPS) is 12.4. The second-order valence-corrected chi connectivity index (χ2v) is 9.90. The maximum Gasteiger partial charge on any atom is 0.264 e. The van der Waals surface area contributed by atoms with Gasteiger partial charge >= 0.3 is 0 Å². The molecular formula is C23H17BrF2N4O3S. The minimum atomic E-state index is -4.16. The molecule has 1 amide bonds. The Balaban J connectivity index is 1.66. The van der Waals surface area contributed by atoms with Gasteiger partial charge in [0.05, 0.1) is 22.8 Å². The summed E-state index contributed by atoms with van der Waals surface area (Å²) < 4.78 is 56.7. The van der Waals surface area contributed by atoms with Crippen LogP contribution in [-0.4, -0.2) is 24.3 Å². The maximum absolute atomic E-state index is 14.1. The molecule has 1 heterocycles. The van der Waals surface area contributed by atoms with Crippen LogP contribution in [0.5, 0.6) is 0 Å². The van der Waals surface area contributed by atoms with E-state index in [0.29, 0.717) is 9.99 Å². The third-order valence-corrected chi connectivity index (χ3v) is 6.89. The summed E-state index contributed by atoms with van der Waals surface area (Å²) in [6, 6.07) is 11.2. The Bertz CT molecular complexity index is 1510. The fourth-order valence-corrected chi connectivity index (χ4v) is 4.99. The summed E-state index contributed by atoms with van der Waals surface area (Å²) in [6.45, 7) is 1.53. The second-order valence-electron chi connectivity index (χ2n) is 7.34. The van der Waals surface area contributed by atoms with E-state index < -0.39 is 33.6 Å². The number of amides is 1. The smallest absolute Gasteiger partial charge is 0.264 e. The number of carbonyl (C=O) groups is 1. The van der Waals surface area contributed by atoms with Gasteiger partial charge in [0, 0.05) is 28.5 Å². The molecule has 0 saturated carbocycles. The first-order valence-corrected chi connectivity index (χ1v) is 12.2. The Labute approximate surface area is 202 Å². The van der Waals surface area contributed by atoms with Gasteiger partial charge in [-0.25, -0.2) is 17.2 Å². The van der Waals surface area contributed by atoms with Gasteiger partial charge < -0.3 is 5.32 Å². The lowest BCUT2D eigenvalue weighted by molar-refractivity contribution is 0.0940. The molecule has 0 aliphatic heterocycles. The molecule has 3 aromatic carbocycles. The maximum atomic E-state index is 14.1. The summed E-state index contributed by atoms with van der Waals surface area (Å²) in [6.07, 6.45) is 2.84. The molecule has 4 rings (SSSR count). The van der Waals surface area contributed by atoms with Gasteiger partial charge in [0.15, 0.2) is 0 Å². The van der Waals surface area contributed by atoms with E-state index in [2.05, 4.69) is 35.9 Å². The summed E-state index contributed by atoms with van der Waals surface area (Å²) >= 11 is 3.28. The van der Waals surface area contributed by atoms with Crippen LogP contribution in [0.15, 0.2) is 76.4 Å². The lowest BCUT2D eigenvalue weighted by Crippen LogP contribution is -2.28. The molecule has 0 unspecified atom stereocenters. The van der Waals surface area contributed by atoms with Crippen LogP contribution in [0, 0.1) is 11.6 Å². The van der Waals surface area contributed by atoms with E-state index in [-0.39, 0.29) is 27.2 Å². The van der Waals surface area contributed by atoms with Crippen LogP contribution < -0.4 is 10.0 Å². The van der Waals surface area contributed by atoms with E-state index in [1.165, 1.54) is 43.6 Å². The van der Waals surface area contributed by atoms with Crippen molar-refractivity contribution >= 4 is 48.6 Å². The van der Waals surface area contributed by atoms with Crippen molar-refractivity contribution in [3.05, 3.63) is 94.2 Å². The van der Waals surface area contributed by atoms with Crippen molar-refractivity contribution in [3.8, 4) is 0 Å². The SMILES string of the molecule is C[C@H](NC(=O)c1ccc(Br)cc1NS(=O)(=O)c1cccc2nccnc12)c1ccc(F)cc1F. The summed E-state index contributed by atoms with van der Waals surface area (Å²) in [7, 11) is -4.16. The molecule has 34 heavy (non-hydrogen) atoms. The van der Waals surface area contributed by atoms with Crippen molar-refractivity contribution in [1.82, 2.24) is 15.3 Å². The molecule has 0 spiro atoms. The largest absolute Gasteiger partial charge is 0.345 e. The Morgan fingerprint density at radius 2 is 1.79 bits per heavy atom. The fourth-order valence-electron chi connectivity index (χ4n) is 3.39. The molecule has 0 fully saturated rings. The number of fused-ring (bicyclic) bond motifs is 1. The van der Waals surface area contributed by atoms with Crippen molar-refractivity contribution in [2.75, 3.05) is 4.72 Å². The second kappa shape index (κ2) is 9.43. The first-order valence-electron chi connectivity index (χ1n) is 9.93. The Hall–Kier alpha value is -3.44. The number of halogens is 3. The van der Waals surface area contributed by atoms with Crippen LogP contribution in [0.2, 0.25) is 0 Å². The number of carbonyl (C=O) groups excluding carboxylic acids is 1. The average Bonchev–Trinajstić information content (AvgIpc) is 2.78. The minimum absolute atomic E-state index is 0.000420. The molecular weight excluding hydrogens is 530 g/mol. The monoisotopic (exact) mass is 546 g/mol. The number of para-hydroxylation sites is 1. The third kappa shape index (κ3) is 4.90. The fraction of sp³-hybridized carbons (Fsp3) is 0.0870. The quantitative estimate of drug-likeness (QED) is 0.356. The molecule has 11 heteroatoms. The van der Waals surface area contributed by atoms with Crippen LogP contribution in [0.4, 0.5) is 14.5 Å². The molecule has 0 aliphatic rings. The van der Waals surface area contributed by atoms with E-state index in [0.717, 1.165) is 12.1 Å². The van der Waals surface area contributed by atoms with E-state index in [1.807, 2.05) is 0 Å². The van der Waals surface area contributed by atoms with Gasteiger partial charge in [0.2, 0.25) is 0 Å². The van der Waals surface area contributed by atoms with Crippen LogP contribution in [-0.2, 0) is 10.0 Å². The zero-order chi connectivity index (χ0) is 24.5. The molecule has 2 N–H and O–H groups in total. The number of rotatable bonds is 6. The number of benzene rings is 3. The topological polar surface area (TPSA) is 101 Å². The molecule has 0 bridgehead atoms. The van der Waals surface area contributed by atoms with E-state index in [9.17, 15) is 22.0 Å².